The Morgan fingerprint density at radius 1 is 1.44 bits per heavy atom. The Labute approximate surface area is 144 Å². The third kappa shape index (κ3) is 3.97. The molecule has 1 aliphatic heterocycles. The van der Waals surface area contributed by atoms with Crippen molar-refractivity contribution < 1.29 is 19.1 Å². The van der Waals surface area contributed by atoms with E-state index in [1.807, 2.05) is 0 Å². The largest absolute Gasteiger partial charge is 0.467 e. The number of nitrogens with one attached hydrogen (secondary N) is 1. The molecular weight excluding hydrogens is 324 g/mol. The zero-order chi connectivity index (χ0) is 17.8. The van der Waals surface area contributed by atoms with Gasteiger partial charge in [0.1, 0.15) is 17.6 Å². The van der Waals surface area contributed by atoms with Crippen molar-refractivity contribution in [3.05, 3.63) is 48.2 Å². The summed E-state index contributed by atoms with van der Waals surface area (Å²) in [6.07, 6.45) is 4.28. The third-order valence-corrected chi connectivity index (χ3v) is 4.27. The summed E-state index contributed by atoms with van der Waals surface area (Å²) in [5.74, 6) is -0.122. The number of urea groups is 1. The van der Waals surface area contributed by atoms with Gasteiger partial charge in [0.25, 0.3) is 5.91 Å². The van der Waals surface area contributed by atoms with Crippen LogP contribution in [0.2, 0.25) is 0 Å². The first-order chi connectivity index (χ1) is 12.0. The topological polar surface area (TPSA) is 122 Å². The third-order valence-electron chi connectivity index (χ3n) is 4.27. The predicted molar refractivity (Wildman–Crippen MR) is 89.8 cm³/mol. The van der Waals surface area contributed by atoms with E-state index < -0.39 is 12.0 Å². The number of aliphatic hydroxyl groups is 1. The van der Waals surface area contributed by atoms with E-state index in [0.717, 1.165) is 12.8 Å². The van der Waals surface area contributed by atoms with Gasteiger partial charge >= 0.3 is 6.03 Å². The van der Waals surface area contributed by atoms with Crippen molar-refractivity contribution in [1.82, 2.24) is 9.88 Å². The molecule has 8 nitrogen and oxygen atoms in total. The number of primary amides is 1. The summed E-state index contributed by atoms with van der Waals surface area (Å²) in [7, 11) is 0. The number of nitrogens with zero attached hydrogens (tertiary/aromatic N) is 2. The highest BCUT2D eigenvalue weighted by Crippen LogP contribution is 2.28. The molecular formula is C17H20N4O4. The Morgan fingerprint density at radius 3 is 2.92 bits per heavy atom. The molecule has 25 heavy (non-hydrogen) atoms. The first kappa shape index (κ1) is 17.0. The van der Waals surface area contributed by atoms with Crippen LogP contribution in [0.5, 0.6) is 0 Å². The molecule has 4 N–H and O–H groups in total. The molecule has 1 saturated heterocycles. The number of anilines is 1. The Morgan fingerprint density at radius 2 is 2.28 bits per heavy atom. The fourth-order valence-electron chi connectivity index (χ4n) is 3.01. The molecule has 0 radical (unpaired) electrons. The van der Waals surface area contributed by atoms with Gasteiger partial charge in [0.15, 0.2) is 0 Å². The fraction of sp³-hybridized carbons (Fsp3) is 0.353. The number of aromatic nitrogens is 1. The number of hydrogen-bond acceptors (Lipinski definition) is 5. The van der Waals surface area contributed by atoms with Crippen molar-refractivity contribution in [1.29, 1.82) is 0 Å². The van der Waals surface area contributed by atoms with Gasteiger partial charge in [0.05, 0.1) is 18.1 Å². The van der Waals surface area contributed by atoms with E-state index in [1.54, 1.807) is 23.1 Å². The van der Waals surface area contributed by atoms with Crippen LogP contribution < -0.4 is 11.1 Å². The maximum absolute atomic E-state index is 12.5. The molecule has 1 aliphatic rings. The van der Waals surface area contributed by atoms with Crippen LogP contribution in [0.1, 0.15) is 41.6 Å². The average Bonchev–Trinajstić information content (AvgIpc) is 3.27. The SMILES string of the molecule is NC(=O)c1ccc(NC(=O)N2CCC[C@@H]2C[C@H](O)c2ccco2)cn1. The van der Waals surface area contributed by atoms with Gasteiger partial charge < -0.3 is 25.5 Å². The van der Waals surface area contributed by atoms with Crippen LogP contribution in [0.15, 0.2) is 41.1 Å². The van der Waals surface area contributed by atoms with Gasteiger partial charge in [-0.05, 0) is 37.1 Å². The van der Waals surface area contributed by atoms with Crippen LogP contribution in [-0.2, 0) is 0 Å². The fourth-order valence-corrected chi connectivity index (χ4v) is 3.01. The highest BCUT2D eigenvalue weighted by atomic mass is 16.4. The quantitative estimate of drug-likeness (QED) is 0.764. The summed E-state index contributed by atoms with van der Waals surface area (Å²) in [6, 6.07) is 6.14. The summed E-state index contributed by atoms with van der Waals surface area (Å²) in [5.41, 5.74) is 5.76. The van der Waals surface area contributed by atoms with E-state index in [4.69, 9.17) is 10.2 Å². The van der Waals surface area contributed by atoms with E-state index in [2.05, 4.69) is 10.3 Å². The van der Waals surface area contributed by atoms with Gasteiger partial charge in [-0.15, -0.1) is 0 Å². The van der Waals surface area contributed by atoms with Crippen LogP contribution in [0.4, 0.5) is 10.5 Å². The van der Waals surface area contributed by atoms with Crippen LogP contribution >= 0.6 is 0 Å². The van der Waals surface area contributed by atoms with Gasteiger partial charge in [-0.25, -0.2) is 9.78 Å². The van der Waals surface area contributed by atoms with Gasteiger partial charge in [-0.3, -0.25) is 4.79 Å². The van der Waals surface area contributed by atoms with Crippen molar-refractivity contribution in [2.24, 2.45) is 5.73 Å². The van der Waals surface area contributed by atoms with Gasteiger partial charge in [-0.2, -0.15) is 0 Å². The summed E-state index contributed by atoms with van der Waals surface area (Å²) >= 11 is 0. The zero-order valence-electron chi connectivity index (χ0n) is 13.6. The number of furan rings is 1. The standard InChI is InChI=1S/C17H20N4O4/c18-16(23)13-6-5-11(10-19-13)20-17(24)21-7-1-3-12(21)9-14(22)15-4-2-8-25-15/h2,4-6,8,10,12,14,22H,1,3,7,9H2,(H2,18,23)(H,20,24)/t12-,14+/m1/s1. The summed E-state index contributed by atoms with van der Waals surface area (Å²) in [4.78, 5) is 29.1. The lowest BCUT2D eigenvalue weighted by molar-refractivity contribution is 0.0995. The first-order valence-electron chi connectivity index (χ1n) is 8.09. The molecule has 0 bridgehead atoms. The summed E-state index contributed by atoms with van der Waals surface area (Å²) in [5, 5.41) is 13.0. The molecule has 0 aliphatic carbocycles. The molecule has 1 fully saturated rings. The number of hydrogen-bond donors (Lipinski definition) is 3. The van der Waals surface area contributed by atoms with Crippen molar-refractivity contribution in [2.45, 2.75) is 31.4 Å². The second-order valence-corrected chi connectivity index (χ2v) is 5.98. The molecule has 3 heterocycles. The van der Waals surface area contributed by atoms with Crippen LogP contribution in [-0.4, -0.2) is 39.5 Å². The molecule has 2 aromatic rings. The minimum Gasteiger partial charge on any atom is -0.467 e. The average molecular weight is 344 g/mol. The van der Waals surface area contributed by atoms with Crippen LogP contribution in [0.25, 0.3) is 0 Å². The molecule has 2 atom stereocenters. The number of amides is 3. The molecule has 0 unspecified atom stereocenters. The minimum absolute atomic E-state index is 0.0713. The molecule has 3 rings (SSSR count). The highest BCUT2D eigenvalue weighted by molar-refractivity contribution is 5.92. The lowest BCUT2D eigenvalue weighted by Gasteiger charge is -2.26. The number of carbonyl (C=O) groups excluding carboxylic acids is 2. The van der Waals surface area contributed by atoms with E-state index >= 15 is 0 Å². The van der Waals surface area contributed by atoms with Crippen LogP contribution in [0.3, 0.4) is 0 Å². The number of aliphatic hydroxyl groups excluding tert-OH is 1. The van der Waals surface area contributed by atoms with E-state index in [1.165, 1.54) is 18.5 Å². The van der Waals surface area contributed by atoms with Crippen molar-refractivity contribution in [2.75, 3.05) is 11.9 Å². The molecule has 2 aromatic heterocycles. The Kier molecular flexibility index (Phi) is 4.99. The van der Waals surface area contributed by atoms with Crippen molar-refractivity contribution in [3.63, 3.8) is 0 Å². The maximum Gasteiger partial charge on any atom is 0.322 e. The summed E-state index contributed by atoms with van der Waals surface area (Å²) < 4.78 is 5.21. The van der Waals surface area contributed by atoms with E-state index in [0.29, 0.717) is 24.4 Å². The molecule has 8 heteroatoms. The highest BCUT2D eigenvalue weighted by Gasteiger charge is 2.31. The first-order valence-corrected chi connectivity index (χ1v) is 8.09. The number of nitrogens with two attached hydrogens (primary N) is 1. The second kappa shape index (κ2) is 7.35. The Hall–Kier alpha value is -2.87. The number of carbonyl (C=O) groups is 2. The molecule has 0 spiro atoms. The van der Waals surface area contributed by atoms with E-state index in [9.17, 15) is 14.7 Å². The van der Waals surface area contributed by atoms with Crippen LogP contribution in [0, 0.1) is 0 Å². The zero-order valence-corrected chi connectivity index (χ0v) is 13.6. The lowest BCUT2D eigenvalue weighted by Crippen LogP contribution is -2.39. The van der Waals surface area contributed by atoms with Gasteiger partial charge in [0, 0.05) is 19.0 Å². The van der Waals surface area contributed by atoms with Crippen molar-refractivity contribution >= 4 is 17.6 Å². The maximum atomic E-state index is 12.5. The predicted octanol–water partition coefficient (Wildman–Crippen LogP) is 1.89. The Balaban J connectivity index is 1.61. The molecule has 0 saturated carbocycles. The van der Waals surface area contributed by atoms with Crippen molar-refractivity contribution in [3.8, 4) is 0 Å². The van der Waals surface area contributed by atoms with Gasteiger partial charge in [0.2, 0.25) is 0 Å². The number of rotatable bonds is 5. The molecule has 0 aromatic carbocycles. The minimum atomic E-state index is -0.745. The Bertz CT molecular complexity index is 730. The number of pyridine rings is 1. The molecule has 132 valence electrons. The summed E-state index contributed by atoms with van der Waals surface area (Å²) in [6.45, 7) is 0.619. The molecule has 3 amide bonds. The van der Waals surface area contributed by atoms with E-state index in [-0.39, 0.29) is 17.8 Å². The normalized spacial score (nSPS) is 18.1. The second-order valence-electron chi connectivity index (χ2n) is 5.98. The number of likely N-dealkylation sites (tertiary alicyclic amines) is 1. The smallest absolute Gasteiger partial charge is 0.322 e. The lowest BCUT2D eigenvalue weighted by atomic mass is 10.1. The monoisotopic (exact) mass is 344 g/mol. The van der Waals surface area contributed by atoms with Gasteiger partial charge in [-0.1, -0.05) is 0 Å².